The minimum Gasteiger partial charge on any atom is -0.487 e. The third-order valence-corrected chi connectivity index (χ3v) is 4.51. The predicted octanol–water partition coefficient (Wildman–Crippen LogP) is 3.53. The molecule has 0 atom stereocenters. The van der Waals surface area contributed by atoms with Gasteiger partial charge in [0.25, 0.3) is 0 Å². The SMILES string of the molecule is O=C(Cc1ccc(OC2CN(c3ccccc3)C2)cc1)Nc1cccnc1. The summed E-state index contributed by atoms with van der Waals surface area (Å²) in [5.74, 6) is 0.776. The lowest BCUT2D eigenvalue weighted by atomic mass is 10.1. The summed E-state index contributed by atoms with van der Waals surface area (Å²) in [5.41, 5.74) is 2.88. The highest BCUT2D eigenvalue weighted by Gasteiger charge is 2.28. The van der Waals surface area contributed by atoms with E-state index in [1.54, 1.807) is 18.5 Å². The van der Waals surface area contributed by atoms with Crippen molar-refractivity contribution in [1.29, 1.82) is 0 Å². The first-order valence-electron chi connectivity index (χ1n) is 9.02. The minimum atomic E-state index is -0.0610. The van der Waals surface area contributed by atoms with Gasteiger partial charge in [-0.3, -0.25) is 9.78 Å². The highest BCUT2D eigenvalue weighted by Crippen LogP contribution is 2.24. The number of amides is 1. The molecule has 0 aliphatic carbocycles. The molecule has 1 saturated heterocycles. The summed E-state index contributed by atoms with van der Waals surface area (Å²) in [6, 6.07) is 21.7. The van der Waals surface area contributed by atoms with Gasteiger partial charge in [0.2, 0.25) is 5.91 Å². The zero-order valence-electron chi connectivity index (χ0n) is 14.9. The van der Waals surface area contributed by atoms with Gasteiger partial charge in [-0.25, -0.2) is 0 Å². The van der Waals surface area contributed by atoms with Gasteiger partial charge in [0, 0.05) is 11.9 Å². The van der Waals surface area contributed by atoms with Crippen molar-refractivity contribution >= 4 is 17.3 Å². The van der Waals surface area contributed by atoms with E-state index >= 15 is 0 Å². The summed E-state index contributed by atoms with van der Waals surface area (Å²) < 4.78 is 6.01. The Balaban J connectivity index is 1.25. The van der Waals surface area contributed by atoms with Crippen LogP contribution in [0.15, 0.2) is 79.1 Å². The Morgan fingerprint density at radius 1 is 1.04 bits per heavy atom. The molecule has 0 radical (unpaired) electrons. The molecule has 1 N–H and O–H groups in total. The van der Waals surface area contributed by atoms with Crippen LogP contribution in [0.3, 0.4) is 0 Å². The number of ether oxygens (including phenoxy) is 1. The smallest absolute Gasteiger partial charge is 0.228 e. The molecule has 1 aromatic heterocycles. The fourth-order valence-corrected chi connectivity index (χ4v) is 3.07. The number of para-hydroxylation sites is 1. The van der Waals surface area contributed by atoms with Crippen molar-refractivity contribution < 1.29 is 9.53 Å². The highest BCUT2D eigenvalue weighted by atomic mass is 16.5. The quantitative estimate of drug-likeness (QED) is 0.732. The van der Waals surface area contributed by atoms with E-state index in [1.165, 1.54) is 5.69 Å². The first-order valence-corrected chi connectivity index (χ1v) is 9.02. The number of rotatable bonds is 6. The lowest BCUT2D eigenvalue weighted by Gasteiger charge is -2.40. The molecular weight excluding hydrogens is 338 g/mol. The van der Waals surface area contributed by atoms with Gasteiger partial charge in [-0.2, -0.15) is 0 Å². The fraction of sp³-hybridized carbons (Fsp3) is 0.182. The van der Waals surface area contributed by atoms with Gasteiger partial charge in [0.05, 0.1) is 31.4 Å². The molecule has 27 heavy (non-hydrogen) atoms. The van der Waals surface area contributed by atoms with E-state index in [1.807, 2.05) is 48.5 Å². The maximum absolute atomic E-state index is 12.1. The van der Waals surface area contributed by atoms with E-state index in [2.05, 4.69) is 27.3 Å². The maximum atomic E-state index is 12.1. The number of anilines is 2. The minimum absolute atomic E-state index is 0.0610. The van der Waals surface area contributed by atoms with Crippen LogP contribution in [0.25, 0.3) is 0 Å². The van der Waals surface area contributed by atoms with Crippen LogP contribution in [-0.4, -0.2) is 30.1 Å². The topological polar surface area (TPSA) is 54.5 Å². The van der Waals surface area contributed by atoms with Crippen molar-refractivity contribution in [3.8, 4) is 5.75 Å². The van der Waals surface area contributed by atoms with Gasteiger partial charge in [-0.1, -0.05) is 30.3 Å². The first-order chi connectivity index (χ1) is 13.3. The lowest BCUT2D eigenvalue weighted by Crippen LogP contribution is -2.54. The number of hydrogen-bond donors (Lipinski definition) is 1. The summed E-state index contributed by atoms with van der Waals surface area (Å²) >= 11 is 0. The number of aromatic nitrogens is 1. The monoisotopic (exact) mass is 359 g/mol. The number of nitrogens with zero attached hydrogens (tertiary/aromatic N) is 2. The molecule has 0 saturated carbocycles. The number of carbonyl (C=O) groups excluding carboxylic acids is 1. The van der Waals surface area contributed by atoms with Gasteiger partial charge in [0.15, 0.2) is 0 Å². The summed E-state index contributed by atoms with van der Waals surface area (Å²) in [5, 5.41) is 2.84. The van der Waals surface area contributed by atoms with Crippen molar-refractivity contribution in [2.24, 2.45) is 0 Å². The van der Waals surface area contributed by atoms with Crippen molar-refractivity contribution in [3.05, 3.63) is 84.7 Å². The average molecular weight is 359 g/mol. The zero-order valence-corrected chi connectivity index (χ0v) is 14.9. The molecule has 0 spiro atoms. The van der Waals surface area contributed by atoms with Gasteiger partial charge in [0.1, 0.15) is 11.9 Å². The first kappa shape index (κ1) is 17.1. The van der Waals surface area contributed by atoms with E-state index in [9.17, 15) is 4.79 Å². The zero-order chi connectivity index (χ0) is 18.5. The number of carbonyl (C=O) groups is 1. The van der Waals surface area contributed by atoms with Crippen LogP contribution in [0.4, 0.5) is 11.4 Å². The Hall–Kier alpha value is -3.34. The Bertz CT molecular complexity index is 876. The van der Waals surface area contributed by atoms with Crippen LogP contribution in [0.2, 0.25) is 0 Å². The van der Waals surface area contributed by atoms with Crippen LogP contribution in [0.1, 0.15) is 5.56 Å². The molecule has 2 aromatic carbocycles. The second kappa shape index (κ2) is 7.91. The molecule has 0 bridgehead atoms. The Kier molecular flexibility index (Phi) is 5.01. The Morgan fingerprint density at radius 3 is 2.52 bits per heavy atom. The third kappa shape index (κ3) is 4.44. The molecule has 5 nitrogen and oxygen atoms in total. The molecular formula is C22H21N3O2. The fourth-order valence-electron chi connectivity index (χ4n) is 3.07. The number of benzene rings is 2. The maximum Gasteiger partial charge on any atom is 0.228 e. The summed E-state index contributed by atoms with van der Waals surface area (Å²) in [7, 11) is 0. The van der Waals surface area contributed by atoms with Crippen LogP contribution in [-0.2, 0) is 11.2 Å². The number of pyridine rings is 1. The van der Waals surface area contributed by atoms with Gasteiger partial charge in [-0.05, 0) is 42.0 Å². The second-order valence-corrected chi connectivity index (χ2v) is 6.59. The molecule has 136 valence electrons. The van der Waals surface area contributed by atoms with Crippen LogP contribution >= 0.6 is 0 Å². The molecule has 0 unspecified atom stereocenters. The van der Waals surface area contributed by atoms with Gasteiger partial charge >= 0.3 is 0 Å². The lowest BCUT2D eigenvalue weighted by molar-refractivity contribution is -0.115. The van der Waals surface area contributed by atoms with Crippen LogP contribution in [0.5, 0.6) is 5.75 Å². The van der Waals surface area contributed by atoms with Crippen molar-refractivity contribution in [3.63, 3.8) is 0 Å². The van der Waals surface area contributed by atoms with E-state index in [4.69, 9.17) is 4.74 Å². The van der Waals surface area contributed by atoms with Crippen molar-refractivity contribution in [1.82, 2.24) is 4.98 Å². The van der Waals surface area contributed by atoms with E-state index in [-0.39, 0.29) is 12.0 Å². The van der Waals surface area contributed by atoms with E-state index in [0.717, 1.165) is 24.4 Å². The molecule has 1 fully saturated rings. The molecule has 1 amide bonds. The molecule has 5 heteroatoms. The molecule has 1 aliphatic rings. The summed E-state index contributed by atoms with van der Waals surface area (Å²) in [6.07, 6.45) is 3.83. The van der Waals surface area contributed by atoms with Crippen LogP contribution in [0, 0.1) is 0 Å². The molecule has 2 heterocycles. The number of nitrogens with one attached hydrogen (secondary N) is 1. The highest BCUT2D eigenvalue weighted by molar-refractivity contribution is 5.92. The summed E-state index contributed by atoms with van der Waals surface area (Å²) in [4.78, 5) is 18.4. The van der Waals surface area contributed by atoms with Gasteiger partial charge < -0.3 is 15.0 Å². The Morgan fingerprint density at radius 2 is 1.81 bits per heavy atom. The van der Waals surface area contributed by atoms with Crippen LogP contribution < -0.4 is 15.0 Å². The average Bonchev–Trinajstić information content (AvgIpc) is 2.67. The number of hydrogen-bond acceptors (Lipinski definition) is 4. The molecule has 3 aromatic rings. The second-order valence-electron chi connectivity index (χ2n) is 6.59. The third-order valence-electron chi connectivity index (χ3n) is 4.51. The largest absolute Gasteiger partial charge is 0.487 e. The molecule has 4 rings (SSSR count). The molecule has 1 aliphatic heterocycles. The Labute approximate surface area is 158 Å². The van der Waals surface area contributed by atoms with Gasteiger partial charge in [-0.15, -0.1) is 0 Å². The normalized spacial score (nSPS) is 13.7. The standard InChI is InChI=1S/C22H21N3O2/c26-22(24-18-5-4-12-23-14-18)13-17-8-10-20(11-9-17)27-21-15-25(16-21)19-6-2-1-3-7-19/h1-12,14,21H,13,15-16H2,(H,24,26). The van der Waals surface area contributed by atoms with E-state index in [0.29, 0.717) is 12.1 Å². The van der Waals surface area contributed by atoms with Crippen molar-refractivity contribution in [2.45, 2.75) is 12.5 Å². The van der Waals surface area contributed by atoms with E-state index < -0.39 is 0 Å². The summed E-state index contributed by atoms with van der Waals surface area (Å²) in [6.45, 7) is 1.78. The van der Waals surface area contributed by atoms with Crippen molar-refractivity contribution in [2.75, 3.05) is 23.3 Å². The predicted molar refractivity (Wildman–Crippen MR) is 106 cm³/mol.